The number of hydrogen-bond acceptors (Lipinski definition) is 6. The van der Waals surface area contributed by atoms with Crippen molar-refractivity contribution in [2.45, 2.75) is 13.3 Å². The van der Waals surface area contributed by atoms with Crippen LogP contribution in [0.3, 0.4) is 0 Å². The quantitative estimate of drug-likeness (QED) is 0.575. The Bertz CT molecular complexity index is 962. The molecule has 0 bridgehead atoms. The number of benzene rings is 1. The second-order valence-corrected chi connectivity index (χ2v) is 10.3. The number of aromatic nitrogens is 1. The fourth-order valence-electron chi connectivity index (χ4n) is 3.43. The molecule has 8 heteroatoms. The maximum atomic E-state index is 12.1. The summed E-state index contributed by atoms with van der Waals surface area (Å²) in [7, 11) is 0. The van der Waals surface area contributed by atoms with Gasteiger partial charge in [0.15, 0.2) is 5.13 Å². The monoisotopic (exact) mass is 478 g/mol. The number of aryl methyl sites for hydroxylation is 1. The molecule has 3 heterocycles. The van der Waals surface area contributed by atoms with Crippen molar-refractivity contribution in [3.63, 3.8) is 0 Å². The number of thiazole rings is 1. The predicted octanol–water partition coefficient (Wildman–Crippen LogP) is 4.23. The highest BCUT2D eigenvalue weighted by atomic mass is 79.9. The average molecular weight is 479 g/mol. The summed E-state index contributed by atoms with van der Waals surface area (Å²) in [4.78, 5) is 22.6. The zero-order chi connectivity index (χ0) is 19.5. The van der Waals surface area contributed by atoms with E-state index in [0.29, 0.717) is 6.54 Å². The zero-order valence-electron chi connectivity index (χ0n) is 15.8. The average Bonchev–Trinajstić information content (AvgIpc) is 3.34. The Morgan fingerprint density at radius 3 is 2.71 bits per heavy atom. The minimum atomic E-state index is 0.00976. The van der Waals surface area contributed by atoms with Crippen LogP contribution in [0, 0.1) is 0 Å². The fourth-order valence-corrected chi connectivity index (χ4v) is 5.80. The smallest absolute Gasteiger partial charge is 0.261 e. The van der Waals surface area contributed by atoms with Gasteiger partial charge in [-0.05, 0) is 46.1 Å². The van der Waals surface area contributed by atoms with Crippen molar-refractivity contribution in [1.82, 2.24) is 15.2 Å². The highest BCUT2D eigenvalue weighted by Gasteiger charge is 2.20. The van der Waals surface area contributed by atoms with Gasteiger partial charge in [-0.2, -0.15) is 0 Å². The van der Waals surface area contributed by atoms with Gasteiger partial charge in [-0.15, -0.1) is 11.3 Å². The van der Waals surface area contributed by atoms with Gasteiger partial charge in [0.05, 0.1) is 18.9 Å². The number of nitrogens with zero attached hydrogens (tertiary/aromatic N) is 3. The third-order valence-corrected chi connectivity index (χ3v) is 7.73. The first-order valence-electron chi connectivity index (χ1n) is 9.53. The lowest BCUT2D eigenvalue weighted by atomic mass is 10.1. The van der Waals surface area contributed by atoms with Gasteiger partial charge in [-0.25, -0.2) is 4.98 Å². The molecule has 148 valence electrons. The van der Waals surface area contributed by atoms with E-state index in [1.54, 1.807) is 11.3 Å². The summed E-state index contributed by atoms with van der Waals surface area (Å²) in [6, 6.07) is 10.2. The molecule has 0 unspecified atom stereocenters. The Morgan fingerprint density at radius 2 is 2.00 bits per heavy atom. The number of para-hydroxylation sites is 1. The molecular formula is C20H23BrN4OS2. The normalized spacial score (nSPS) is 15.3. The van der Waals surface area contributed by atoms with Crippen molar-refractivity contribution in [3.8, 4) is 0 Å². The number of piperazine rings is 1. The maximum absolute atomic E-state index is 12.1. The molecule has 1 N–H and O–H groups in total. The molecule has 2 aromatic heterocycles. The van der Waals surface area contributed by atoms with Crippen LogP contribution in [-0.2, 0) is 6.42 Å². The van der Waals surface area contributed by atoms with Crippen LogP contribution in [-0.4, -0.2) is 55.1 Å². The molecular weight excluding hydrogens is 456 g/mol. The number of halogens is 1. The van der Waals surface area contributed by atoms with Crippen molar-refractivity contribution in [2.75, 3.05) is 44.2 Å². The summed E-state index contributed by atoms with van der Waals surface area (Å²) in [5.74, 6) is 0.00976. The molecule has 28 heavy (non-hydrogen) atoms. The van der Waals surface area contributed by atoms with E-state index in [1.165, 1.54) is 21.6 Å². The summed E-state index contributed by atoms with van der Waals surface area (Å²) in [5, 5.41) is 4.15. The Morgan fingerprint density at radius 1 is 1.18 bits per heavy atom. The van der Waals surface area contributed by atoms with E-state index in [-0.39, 0.29) is 5.91 Å². The van der Waals surface area contributed by atoms with Crippen molar-refractivity contribution in [3.05, 3.63) is 44.6 Å². The van der Waals surface area contributed by atoms with Crippen molar-refractivity contribution in [1.29, 1.82) is 0 Å². The minimum absolute atomic E-state index is 0.00976. The molecule has 0 radical (unpaired) electrons. The lowest BCUT2D eigenvalue weighted by Crippen LogP contribution is -2.48. The number of amides is 1. The van der Waals surface area contributed by atoms with Crippen molar-refractivity contribution >= 4 is 59.9 Å². The number of thiophene rings is 1. The Kier molecular flexibility index (Phi) is 6.30. The molecule has 1 saturated heterocycles. The van der Waals surface area contributed by atoms with Gasteiger partial charge in [0.25, 0.3) is 5.91 Å². The molecule has 0 saturated carbocycles. The van der Waals surface area contributed by atoms with Crippen LogP contribution in [0.4, 0.5) is 5.13 Å². The Balaban J connectivity index is 1.27. The standard InChI is InChI=1S/C20H23BrN4OS2/c1-2-14-4-3-5-15-18(14)23-20(28-15)25-12-10-24(11-13-25)9-8-22-19(26)16-6-7-17(21)27-16/h3-7H,2,8-13H2,1H3,(H,22,26). The predicted molar refractivity (Wildman–Crippen MR) is 122 cm³/mol. The van der Waals surface area contributed by atoms with Crippen molar-refractivity contribution in [2.24, 2.45) is 0 Å². The lowest BCUT2D eigenvalue weighted by molar-refractivity contribution is 0.0952. The SMILES string of the molecule is CCc1cccc2sc(N3CCN(CCNC(=O)c4ccc(Br)s4)CC3)nc12. The lowest BCUT2D eigenvalue weighted by Gasteiger charge is -2.34. The van der Waals surface area contributed by atoms with E-state index in [1.807, 2.05) is 12.1 Å². The molecule has 3 aromatic rings. The minimum Gasteiger partial charge on any atom is -0.350 e. The van der Waals surface area contributed by atoms with Gasteiger partial charge in [-0.3, -0.25) is 9.69 Å². The van der Waals surface area contributed by atoms with Crippen LogP contribution in [0.25, 0.3) is 10.2 Å². The second kappa shape index (κ2) is 8.90. The molecule has 1 aromatic carbocycles. The van der Waals surface area contributed by atoms with Gasteiger partial charge in [0.2, 0.25) is 0 Å². The van der Waals surface area contributed by atoms with Crippen LogP contribution in [0.1, 0.15) is 22.2 Å². The molecule has 5 nitrogen and oxygen atoms in total. The Hall–Kier alpha value is -1.48. The summed E-state index contributed by atoms with van der Waals surface area (Å²) < 4.78 is 2.26. The first-order chi connectivity index (χ1) is 13.6. The number of carbonyl (C=O) groups is 1. The summed E-state index contributed by atoms with van der Waals surface area (Å²) in [5.41, 5.74) is 2.49. The molecule has 1 aliphatic rings. The summed E-state index contributed by atoms with van der Waals surface area (Å²) >= 11 is 6.65. The molecule has 1 fully saturated rings. The first-order valence-corrected chi connectivity index (χ1v) is 12.0. The molecule has 0 spiro atoms. The first kappa shape index (κ1) is 19.8. The number of nitrogens with one attached hydrogen (secondary N) is 1. The van der Waals surface area contributed by atoms with E-state index < -0.39 is 0 Å². The number of fused-ring (bicyclic) bond motifs is 1. The zero-order valence-corrected chi connectivity index (χ0v) is 19.0. The molecule has 4 rings (SSSR count). The number of hydrogen-bond donors (Lipinski definition) is 1. The fraction of sp³-hybridized carbons (Fsp3) is 0.400. The van der Waals surface area contributed by atoms with Gasteiger partial charge >= 0.3 is 0 Å². The van der Waals surface area contributed by atoms with E-state index >= 15 is 0 Å². The molecule has 1 amide bonds. The van der Waals surface area contributed by atoms with Crippen LogP contribution in [0.15, 0.2) is 34.1 Å². The highest BCUT2D eigenvalue weighted by Crippen LogP contribution is 2.31. The van der Waals surface area contributed by atoms with E-state index in [2.05, 4.69) is 56.2 Å². The molecule has 0 aliphatic carbocycles. The van der Waals surface area contributed by atoms with E-state index in [9.17, 15) is 4.79 Å². The highest BCUT2D eigenvalue weighted by molar-refractivity contribution is 9.11. The van der Waals surface area contributed by atoms with Crippen LogP contribution in [0.2, 0.25) is 0 Å². The van der Waals surface area contributed by atoms with Gasteiger partial charge in [0.1, 0.15) is 0 Å². The van der Waals surface area contributed by atoms with Gasteiger partial charge in [0, 0.05) is 39.3 Å². The van der Waals surface area contributed by atoms with E-state index in [4.69, 9.17) is 4.98 Å². The van der Waals surface area contributed by atoms with E-state index in [0.717, 1.165) is 58.5 Å². The summed E-state index contributed by atoms with van der Waals surface area (Å²) in [6.45, 7) is 7.69. The topological polar surface area (TPSA) is 48.5 Å². The largest absolute Gasteiger partial charge is 0.350 e. The Labute approximate surface area is 181 Å². The third kappa shape index (κ3) is 4.40. The third-order valence-electron chi connectivity index (χ3n) is 5.03. The second-order valence-electron chi connectivity index (χ2n) is 6.80. The van der Waals surface area contributed by atoms with Crippen LogP contribution in [0.5, 0.6) is 0 Å². The van der Waals surface area contributed by atoms with Crippen LogP contribution < -0.4 is 10.2 Å². The van der Waals surface area contributed by atoms with Gasteiger partial charge < -0.3 is 10.2 Å². The number of anilines is 1. The van der Waals surface area contributed by atoms with Crippen LogP contribution >= 0.6 is 38.6 Å². The number of carbonyl (C=O) groups excluding carboxylic acids is 1. The van der Waals surface area contributed by atoms with Gasteiger partial charge in [-0.1, -0.05) is 30.4 Å². The maximum Gasteiger partial charge on any atom is 0.261 e. The molecule has 0 atom stereocenters. The van der Waals surface area contributed by atoms with Crippen molar-refractivity contribution < 1.29 is 4.79 Å². The number of rotatable bonds is 6. The molecule has 1 aliphatic heterocycles. The summed E-state index contributed by atoms with van der Waals surface area (Å²) in [6.07, 6.45) is 1.02.